The fourth-order valence-corrected chi connectivity index (χ4v) is 2.98. The summed E-state index contributed by atoms with van der Waals surface area (Å²) in [7, 11) is 0. The second-order valence-corrected chi connectivity index (χ2v) is 5.91. The lowest BCUT2D eigenvalue weighted by Gasteiger charge is -2.30. The summed E-state index contributed by atoms with van der Waals surface area (Å²) in [6.45, 7) is 0.142. The summed E-state index contributed by atoms with van der Waals surface area (Å²) < 4.78 is 13.4. The van der Waals surface area contributed by atoms with Gasteiger partial charge < -0.3 is 10.4 Å². The zero-order valence-electron chi connectivity index (χ0n) is 11.6. The van der Waals surface area contributed by atoms with E-state index in [2.05, 4.69) is 5.32 Å². The van der Waals surface area contributed by atoms with E-state index in [1.54, 1.807) is 18.2 Å². The van der Waals surface area contributed by atoms with Gasteiger partial charge in [-0.1, -0.05) is 12.1 Å². The molecule has 0 aliphatic carbocycles. The fraction of sp³-hybridized carbons (Fsp3) is 0.357. The molecule has 8 heteroatoms. The van der Waals surface area contributed by atoms with E-state index in [1.165, 1.54) is 17.8 Å². The number of halogens is 1. The molecular formula is C14H15FN2O4S. The monoisotopic (exact) mass is 326 g/mol. The number of nitrogens with zero attached hydrogens (tertiary/aromatic N) is 1. The van der Waals surface area contributed by atoms with Crippen LogP contribution in [0.3, 0.4) is 0 Å². The summed E-state index contributed by atoms with van der Waals surface area (Å²) in [5.74, 6) is -1.46. The summed E-state index contributed by atoms with van der Waals surface area (Å²) >= 11 is 1.21. The Balaban J connectivity index is 1.86. The second-order valence-electron chi connectivity index (χ2n) is 4.77. The molecule has 1 aromatic rings. The molecule has 3 amide bonds. The van der Waals surface area contributed by atoms with Crippen LogP contribution in [0.2, 0.25) is 0 Å². The molecule has 2 rings (SSSR count). The lowest BCUT2D eigenvalue weighted by atomic mass is 10.1. The number of rotatable bonds is 6. The smallest absolute Gasteiger partial charge is 0.324 e. The highest BCUT2D eigenvalue weighted by Gasteiger charge is 2.32. The molecule has 1 aliphatic heterocycles. The van der Waals surface area contributed by atoms with Crippen LogP contribution in [-0.2, 0) is 9.59 Å². The molecule has 2 N–H and O–H groups in total. The van der Waals surface area contributed by atoms with Crippen LogP contribution < -0.4 is 5.32 Å². The number of hydrogen-bond donors (Lipinski definition) is 2. The van der Waals surface area contributed by atoms with Gasteiger partial charge in [0.15, 0.2) is 0 Å². The van der Waals surface area contributed by atoms with Gasteiger partial charge in [-0.3, -0.25) is 14.5 Å². The molecule has 0 radical (unpaired) electrons. The van der Waals surface area contributed by atoms with E-state index < -0.39 is 23.9 Å². The van der Waals surface area contributed by atoms with Crippen LogP contribution in [0.1, 0.15) is 12.8 Å². The van der Waals surface area contributed by atoms with Gasteiger partial charge in [0.2, 0.25) is 5.91 Å². The van der Waals surface area contributed by atoms with Crippen LogP contribution in [0.4, 0.5) is 9.18 Å². The zero-order valence-corrected chi connectivity index (χ0v) is 12.4. The standard InChI is InChI=1S/C14H15FN2O4S/c15-10-3-1-2-4-11(10)22-6-5-17-12(18)7-9(8-13(19)20)16-14(17)21/h1-4,9H,5-8H2,(H,16,21)(H,19,20)/t9-/m1/s1. The van der Waals surface area contributed by atoms with Crippen molar-refractivity contribution in [1.82, 2.24) is 10.2 Å². The van der Waals surface area contributed by atoms with Crippen LogP contribution in [0.25, 0.3) is 0 Å². The van der Waals surface area contributed by atoms with Crippen molar-refractivity contribution in [3.8, 4) is 0 Å². The van der Waals surface area contributed by atoms with Gasteiger partial charge >= 0.3 is 12.0 Å². The molecular weight excluding hydrogens is 311 g/mol. The number of amides is 3. The number of nitrogens with one attached hydrogen (secondary N) is 1. The Morgan fingerprint density at radius 3 is 2.77 bits per heavy atom. The minimum absolute atomic E-state index is 0.0393. The number of carbonyl (C=O) groups is 3. The maximum Gasteiger partial charge on any atom is 0.324 e. The average molecular weight is 326 g/mol. The van der Waals surface area contributed by atoms with E-state index in [9.17, 15) is 18.8 Å². The number of carboxylic acids is 1. The third-order valence-corrected chi connectivity index (χ3v) is 4.15. The number of urea groups is 1. The largest absolute Gasteiger partial charge is 0.481 e. The Morgan fingerprint density at radius 2 is 2.14 bits per heavy atom. The van der Waals surface area contributed by atoms with E-state index >= 15 is 0 Å². The minimum Gasteiger partial charge on any atom is -0.481 e. The Labute approximate surface area is 130 Å². The topological polar surface area (TPSA) is 86.7 Å². The maximum absolute atomic E-state index is 13.4. The maximum atomic E-state index is 13.4. The molecule has 0 saturated carbocycles. The highest BCUT2D eigenvalue weighted by molar-refractivity contribution is 7.99. The Bertz CT molecular complexity index is 578. The predicted octanol–water partition coefficient (Wildman–Crippen LogP) is 1.70. The SMILES string of the molecule is O=C(O)C[C@H]1CC(=O)N(CCSc2ccccc2F)C(=O)N1. The summed E-state index contributed by atoms with van der Waals surface area (Å²) in [6.07, 6.45) is -0.322. The Kier molecular flexibility index (Phi) is 5.37. The number of aliphatic carboxylic acids is 1. The third kappa shape index (κ3) is 4.20. The van der Waals surface area contributed by atoms with Crippen molar-refractivity contribution in [2.45, 2.75) is 23.8 Å². The molecule has 118 valence electrons. The van der Waals surface area contributed by atoms with Gasteiger partial charge in [0.05, 0.1) is 6.42 Å². The van der Waals surface area contributed by atoms with Gasteiger partial charge in [0.25, 0.3) is 0 Å². The number of thioether (sulfide) groups is 1. The highest BCUT2D eigenvalue weighted by Crippen LogP contribution is 2.21. The molecule has 1 saturated heterocycles. The summed E-state index contributed by atoms with van der Waals surface area (Å²) in [6, 6.07) is 4.99. The van der Waals surface area contributed by atoms with Crippen molar-refractivity contribution in [2.24, 2.45) is 0 Å². The number of carbonyl (C=O) groups excluding carboxylic acids is 2. The molecule has 22 heavy (non-hydrogen) atoms. The molecule has 0 bridgehead atoms. The first kappa shape index (κ1) is 16.3. The molecule has 0 aromatic heterocycles. The van der Waals surface area contributed by atoms with Crippen molar-refractivity contribution in [2.75, 3.05) is 12.3 Å². The van der Waals surface area contributed by atoms with Crippen molar-refractivity contribution in [3.05, 3.63) is 30.1 Å². The van der Waals surface area contributed by atoms with E-state index in [4.69, 9.17) is 5.11 Å². The van der Waals surface area contributed by atoms with E-state index in [0.717, 1.165) is 4.90 Å². The molecule has 0 spiro atoms. The van der Waals surface area contributed by atoms with Crippen molar-refractivity contribution < 1.29 is 23.9 Å². The molecule has 1 aromatic carbocycles. The van der Waals surface area contributed by atoms with Crippen LogP contribution >= 0.6 is 11.8 Å². The van der Waals surface area contributed by atoms with Gasteiger partial charge in [-0.15, -0.1) is 11.8 Å². The first-order chi connectivity index (χ1) is 10.5. The van der Waals surface area contributed by atoms with Gasteiger partial charge in [-0.05, 0) is 12.1 Å². The van der Waals surface area contributed by atoms with Crippen LogP contribution in [0, 0.1) is 5.82 Å². The molecule has 1 fully saturated rings. The van der Waals surface area contributed by atoms with Crippen LogP contribution in [0.15, 0.2) is 29.2 Å². The fourth-order valence-electron chi connectivity index (χ4n) is 2.11. The number of carboxylic acid groups (broad SMARTS) is 1. The van der Waals surface area contributed by atoms with Crippen molar-refractivity contribution in [3.63, 3.8) is 0 Å². The van der Waals surface area contributed by atoms with Gasteiger partial charge in [0, 0.05) is 29.7 Å². The lowest BCUT2D eigenvalue weighted by molar-refractivity contribution is -0.138. The molecule has 1 heterocycles. The number of imide groups is 1. The molecule has 1 aliphatic rings. The van der Waals surface area contributed by atoms with Crippen molar-refractivity contribution in [1.29, 1.82) is 0 Å². The lowest BCUT2D eigenvalue weighted by Crippen LogP contribution is -2.55. The normalized spacial score (nSPS) is 18.2. The van der Waals surface area contributed by atoms with Gasteiger partial charge in [0.1, 0.15) is 5.82 Å². The average Bonchev–Trinajstić information content (AvgIpc) is 2.43. The van der Waals surface area contributed by atoms with E-state index in [1.807, 2.05) is 0 Å². The second kappa shape index (κ2) is 7.26. The first-order valence-corrected chi connectivity index (χ1v) is 7.66. The van der Waals surface area contributed by atoms with Crippen LogP contribution in [0.5, 0.6) is 0 Å². The third-order valence-electron chi connectivity index (χ3n) is 3.12. The molecule has 6 nitrogen and oxygen atoms in total. The Hall–Kier alpha value is -2.09. The van der Waals surface area contributed by atoms with Gasteiger partial charge in [-0.2, -0.15) is 0 Å². The summed E-state index contributed by atoms with van der Waals surface area (Å²) in [4.78, 5) is 35.8. The van der Waals surface area contributed by atoms with E-state index in [-0.39, 0.29) is 25.2 Å². The quantitative estimate of drug-likeness (QED) is 0.777. The Morgan fingerprint density at radius 1 is 1.41 bits per heavy atom. The highest BCUT2D eigenvalue weighted by atomic mass is 32.2. The minimum atomic E-state index is -1.07. The number of benzene rings is 1. The first-order valence-electron chi connectivity index (χ1n) is 6.67. The predicted molar refractivity (Wildman–Crippen MR) is 78.0 cm³/mol. The summed E-state index contributed by atoms with van der Waals surface area (Å²) in [5, 5.41) is 11.2. The van der Waals surface area contributed by atoms with Crippen LogP contribution in [-0.4, -0.2) is 46.3 Å². The molecule has 1 atom stereocenters. The van der Waals surface area contributed by atoms with Gasteiger partial charge in [-0.25, -0.2) is 9.18 Å². The van der Waals surface area contributed by atoms with Crippen molar-refractivity contribution >= 4 is 29.7 Å². The zero-order chi connectivity index (χ0) is 16.1. The summed E-state index contributed by atoms with van der Waals surface area (Å²) in [5.41, 5.74) is 0. The van der Waals surface area contributed by atoms with E-state index in [0.29, 0.717) is 10.6 Å². The number of hydrogen-bond acceptors (Lipinski definition) is 4. The molecule has 0 unspecified atom stereocenters.